The largest absolute Gasteiger partial charge is 0.425 e. The summed E-state index contributed by atoms with van der Waals surface area (Å²) in [5.74, 6) is -0.589. The Bertz CT molecular complexity index is 793. The van der Waals surface area contributed by atoms with Crippen LogP contribution in [0.5, 0.6) is 5.75 Å². The lowest BCUT2D eigenvalue weighted by molar-refractivity contribution is -0.134. The number of urea groups is 1. The molecule has 0 saturated heterocycles. The van der Waals surface area contributed by atoms with Crippen molar-refractivity contribution in [1.29, 1.82) is 0 Å². The Morgan fingerprint density at radius 2 is 1.76 bits per heavy atom. The molecule has 3 N–H and O–H groups in total. The number of ether oxygens (including phenoxy) is 1. The third kappa shape index (κ3) is 5.32. The summed E-state index contributed by atoms with van der Waals surface area (Å²) in [6.45, 7) is -0.254. The van der Waals surface area contributed by atoms with Gasteiger partial charge in [-0.15, -0.1) is 0 Å². The van der Waals surface area contributed by atoms with E-state index < -0.39 is 12.0 Å². The number of likely N-dealkylation sites (N-methyl/N-ethyl adjacent to an activating group) is 1. The van der Waals surface area contributed by atoms with Crippen LogP contribution in [0.3, 0.4) is 0 Å². The number of nitrogens with one attached hydrogen (secondary N) is 1. The van der Waals surface area contributed by atoms with Gasteiger partial charge in [-0.25, -0.2) is 9.59 Å². The zero-order valence-corrected chi connectivity index (χ0v) is 14.9. The molecule has 2 rings (SSSR count). The number of nitrogens with two attached hydrogens (primary N) is 1. The molecule has 0 radical (unpaired) electrons. The monoisotopic (exact) mass is 405 g/mol. The first-order chi connectivity index (χ1) is 11.9. The maximum Gasteiger partial charge on any atom is 0.331 e. The highest BCUT2D eigenvalue weighted by molar-refractivity contribution is 9.10. The molecular weight excluding hydrogens is 390 g/mol. The minimum absolute atomic E-state index is 0.254. The molecule has 0 atom stereocenters. The number of primary amides is 1. The van der Waals surface area contributed by atoms with Crippen molar-refractivity contribution in [3.63, 3.8) is 0 Å². The third-order valence-corrected chi connectivity index (χ3v) is 3.90. The summed E-state index contributed by atoms with van der Waals surface area (Å²) in [5.41, 5.74) is 6.10. The van der Waals surface area contributed by atoms with Gasteiger partial charge in [0.05, 0.1) is 5.56 Å². The van der Waals surface area contributed by atoms with Gasteiger partial charge in [-0.3, -0.25) is 4.79 Å². The quantitative estimate of drug-likeness (QED) is 0.589. The van der Waals surface area contributed by atoms with Crippen LogP contribution in [0, 0.1) is 0 Å². The van der Waals surface area contributed by atoms with Gasteiger partial charge in [0.15, 0.2) is 0 Å². The van der Waals surface area contributed by atoms with Crippen LogP contribution in [-0.4, -0.2) is 36.4 Å². The molecule has 130 valence electrons. The lowest BCUT2D eigenvalue weighted by Gasteiger charge is -2.13. The van der Waals surface area contributed by atoms with E-state index in [-0.39, 0.29) is 12.5 Å². The molecule has 0 bridgehead atoms. The van der Waals surface area contributed by atoms with Crippen LogP contribution in [0.1, 0.15) is 10.4 Å². The van der Waals surface area contributed by atoms with Gasteiger partial charge in [-0.05, 0) is 52.3 Å². The van der Waals surface area contributed by atoms with Gasteiger partial charge >= 0.3 is 12.0 Å². The molecule has 2 aromatic carbocycles. The number of carbonyl (C=O) groups excluding carboxylic acids is 3. The van der Waals surface area contributed by atoms with Crippen molar-refractivity contribution < 1.29 is 19.1 Å². The van der Waals surface area contributed by atoms with E-state index in [2.05, 4.69) is 21.2 Å². The summed E-state index contributed by atoms with van der Waals surface area (Å²) in [7, 11) is 1.39. The standard InChI is InChI=1S/C17H16BrN3O4/c1-21(17(19)24)10-15(22)25-12-8-6-11(7-9-12)20-16(23)13-4-2-3-5-14(13)18/h2-9H,10H2,1H3,(H2,19,24)(H,20,23). The Hall–Kier alpha value is -2.87. The average Bonchev–Trinajstić information content (AvgIpc) is 2.56. The number of benzene rings is 2. The Morgan fingerprint density at radius 1 is 1.12 bits per heavy atom. The van der Waals surface area contributed by atoms with E-state index in [1.165, 1.54) is 19.2 Å². The molecule has 0 aliphatic heterocycles. The Kier molecular flexibility index (Phi) is 6.13. The Morgan fingerprint density at radius 3 is 2.36 bits per heavy atom. The molecular formula is C17H16BrN3O4. The molecule has 0 saturated carbocycles. The molecule has 0 fully saturated rings. The van der Waals surface area contributed by atoms with Crippen LogP contribution in [0.25, 0.3) is 0 Å². The maximum absolute atomic E-state index is 12.2. The van der Waals surface area contributed by atoms with Gasteiger partial charge in [0.2, 0.25) is 0 Å². The maximum atomic E-state index is 12.2. The fraction of sp³-hybridized carbons (Fsp3) is 0.118. The zero-order chi connectivity index (χ0) is 18.4. The van der Waals surface area contributed by atoms with Crippen molar-refractivity contribution in [1.82, 2.24) is 4.90 Å². The predicted molar refractivity (Wildman–Crippen MR) is 96.4 cm³/mol. The van der Waals surface area contributed by atoms with Gasteiger partial charge in [0, 0.05) is 17.2 Å². The van der Waals surface area contributed by atoms with Gasteiger partial charge in [-0.2, -0.15) is 0 Å². The molecule has 0 aromatic heterocycles. The number of rotatable bonds is 5. The highest BCUT2D eigenvalue weighted by Gasteiger charge is 2.12. The number of hydrogen-bond acceptors (Lipinski definition) is 4. The van der Waals surface area contributed by atoms with E-state index in [4.69, 9.17) is 10.5 Å². The van der Waals surface area contributed by atoms with Crippen molar-refractivity contribution in [3.05, 3.63) is 58.6 Å². The number of halogens is 1. The van der Waals surface area contributed by atoms with Crippen molar-refractivity contribution in [2.45, 2.75) is 0 Å². The summed E-state index contributed by atoms with van der Waals surface area (Å²) in [4.78, 5) is 35.8. The van der Waals surface area contributed by atoms with Crippen molar-refractivity contribution in [2.24, 2.45) is 5.73 Å². The molecule has 0 aliphatic rings. The minimum Gasteiger partial charge on any atom is -0.425 e. The number of carbonyl (C=O) groups is 3. The molecule has 7 nitrogen and oxygen atoms in total. The molecule has 0 heterocycles. The Balaban J connectivity index is 1.96. The van der Waals surface area contributed by atoms with Crippen LogP contribution in [0.15, 0.2) is 53.0 Å². The third-order valence-electron chi connectivity index (χ3n) is 3.20. The number of nitrogens with zero attached hydrogens (tertiary/aromatic N) is 1. The van der Waals surface area contributed by atoms with Crippen molar-refractivity contribution >= 4 is 39.5 Å². The van der Waals surface area contributed by atoms with E-state index in [9.17, 15) is 14.4 Å². The van der Waals surface area contributed by atoms with E-state index in [0.29, 0.717) is 21.5 Å². The Labute approximate surface area is 152 Å². The smallest absolute Gasteiger partial charge is 0.331 e. The van der Waals surface area contributed by atoms with Crippen molar-refractivity contribution in [2.75, 3.05) is 18.9 Å². The summed E-state index contributed by atoms with van der Waals surface area (Å²) >= 11 is 3.32. The summed E-state index contributed by atoms with van der Waals surface area (Å²) in [6, 6.07) is 12.6. The van der Waals surface area contributed by atoms with Crippen LogP contribution in [0.2, 0.25) is 0 Å². The average molecular weight is 406 g/mol. The fourth-order valence-corrected chi connectivity index (χ4v) is 2.35. The number of anilines is 1. The lowest BCUT2D eigenvalue weighted by Crippen LogP contribution is -2.37. The number of amides is 3. The van der Waals surface area contributed by atoms with Crippen LogP contribution in [0.4, 0.5) is 10.5 Å². The topological polar surface area (TPSA) is 102 Å². The van der Waals surface area contributed by atoms with Gasteiger partial charge in [-0.1, -0.05) is 12.1 Å². The van der Waals surface area contributed by atoms with E-state index in [1.807, 2.05) is 6.07 Å². The number of esters is 1. The van der Waals surface area contributed by atoms with E-state index in [0.717, 1.165) is 4.90 Å². The van der Waals surface area contributed by atoms with Gasteiger partial charge in [0.25, 0.3) is 5.91 Å². The van der Waals surface area contributed by atoms with Crippen LogP contribution >= 0.6 is 15.9 Å². The SMILES string of the molecule is CN(CC(=O)Oc1ccc(NC(=O)c2ccccc2Br)cc1)C(N)=O. The summed E-state index contributed by atoms with van der Waals surface area (Å²) in [5, 5.41) is 2.75. The first-order valence-electron chi connectivity index (χ1n) is 7.24. The first-order valence-corrected chi connectivity index (χ1v) is 8.03. The van der Waals surface area contributed by atoms with Crippen LogP contribution in [-0.2, 0) is 4.79 Å². The lowest BCUT2D eigenvalue weighted by atomic mass is 10.2. The van der Waals surface area contributed by atoms with E-state index >= 15 is 0 Å². The molecule has 0 spiro atoms. The second kappa shape index (κ2) is 8.29. The van der Waals surface area contributed by atoms with E-state index in [1.54, 1.807) is 30.3 Å². The summed E-state index contributed by atoms with van der Waals surface area (Å²) in [6.07, 6.45) is 0. The molecule has 0 aliphatic carbocycles. The fourth-order valence-electron chi connectivity index (χ4n) is 1.89. The number of hydrogen-bond donors (Lipinski definition) is 2. The highest BCUT2D eigenvalue weighted by atomic mass is 79.9. The van der Waals surface area contributed by atoms with Gasteiger partial charge < -0.3 is 20.7 Å². The molecule has 25 heavy (non-hydrogen) atoms. The summed E-state index contributed by atoms with van der Waals surface area (Å²) < 4.78 is 5.78. The molecule has 8 heteroatoms. The van der Waals surface area contributed by atoms with Gasteiger partial charge in [0.1, 0.15) is 12.3 Å². The molecule has 0 unspecified atom stereocenters. The van der Waals surface area contributed by atoms with Crippen molar-refractivity contribution in [3.8, 4) is 5.75 Å². The normalized spacial score (nSPS) is 10.0. The van der Waals surface area contributed by atoms with Crippen LogP contribution < -0.4 is 15.8 Å². The molecule has 2 aromatic rings. The zero-order valence-electron chi connectivity index (χ0n) is 13.4. The predicted octanol–water partition coefficient (Wildman–Crippen LogP) is 2.62. The first kappa shape index (κ1) is 18.5. The second-order valence-corrected chi connectivity index (χ2v) is 5.98. The highest BCUT2D eigenvalue weighted by Crippen LogP contribution is 2.20. The second-order valence-electron chi connectivity index (χ2n) is 5.13. The molecule has 3 amide bonds. The minimum atomic E-state index is -0.720.